The summed E-state index contributed by atoms with van der Waals surface area (Å²) in [6.45, 7) is -0.140. The van der Waals surface area contributed by atoms with Crippen LogP contribution in [0.2, 0.25) is 0 Å². The summed E-state index contributed by atoms with van der Waals surface area (Å²) < 4.78 is 26.5. The Morgan fingerprint density at radius 2 is 2.05 bits per heavy atom. The van der Waals surface area contributed by atoms with Crippen molar-refractivity contribution in [2.24, 2.45) is 0 Å². The molecule has 0 saturated carbocycles. The van der Waals surface area contributed by atoms with Crippen LogP contribution >= 0.6 is 0 Å². The fraction of sp³-hybridized carbons (Fsp3) is 0.0714. The van der Waals surface area contributed by atoms with Gasteiger partial charge in [-0.3, -0.25) is 10.1 Å². The molecule has 106 valence electrons. The van der Waals surface area contributed by atoms with Crippen molar-refractivity contribution in [2.75, 3.05) is 5.32 Å². The Bertz CT molecular complexity index is 741. The lowest BCUT2D eigenvalue weighted by atomic mass is 10.1. The Kier molecular flexibility index (Phi) is 4.09. The highest BCUT2D eigenvalue weighted by atomic mass is 19.1. The molecule has 2 aromatic carbocycles. The molecule has 0 heterocycles. The quantitative estimate of drug-likeness (QED) is 0.691. The Morgan fingerprint density at radius 1 is 1.29 bits per heavy atom. The highest BCUT2D eigenvalue weighted by molar-refractivity contribution is 5.68. The number of hydrogen-bond acceptors (Lipinski definition) is 4. The van der Waals surface area contributed by atoms with Crippen molar-refractivity contribution in [1.82, 2.24) is 0 Å². The summed E-state index contributed by atoms with van der Waals surface area (Å²) in [5.41, 5.74) is -0.393. The van der Waals surface area contributed by atoms with Gasteiger partial charge in [-0.15, -0.1) is 0 Å². The van der Waals surface area contributed by atoms with E-state index in [1.54, 1.807) is 6.07 Å². The molecular weight excluding hydrogens is 280 g/mol. The highest BCUT2D eigenvalue weighted by Crippen LogP contribution is 2.28. The van der Waals surface area contributed by atoms with Crippen LogP contribution in [0.4, 0.5) is 20.2 Å². The molecule has 0 amide bonds. The minimum absolute atomic E-state index is 0.0339. The van der Waals surface area contributed by atoms with Gasteiger partial charge in [-0.1, -0.05) is 6.07 Å². The minimum Gasteiger partial charge on any atom is -0.375 e. The van der Waals surface area contributed by atoms with Crippen LogP contribution in [0.1, 0.15) is 11.1 Å². The number of rotatable bonds is 4. The van der Waals surface area contributed by atoms with Crippen molar-refractivity contribution in [3.63, 3.8) is 0 Å². The van der Waals surface area contributed by atoms with E-state index in [0.717, 1.165) is 18.2 Å². The normalized spacial score (nSPS) is 9.95. The summed E-state index contributed by atoms with van der Waals surface area (Å²) in [6, 6.07) is 8.86. The second-order valence-electron chi connectivity index (χ2n) is 4.16. The highest BCUT2D eigenvalue weighted by Gasteiger charge is 2.19. The van der Waals surface area contributed by atoms with Crippen molar-refractivity contribution in [3.05, 3.63) is 69.3 Å². The smallest absolute Gasteiger partial charge is 0.309 e. The van der Waals surface area contributed by atoms with Crippen LogP contribution in [0, 0.1) is 33.1 Å². The molecule has 0 aromatic heterocycles. The van der Waals surface area contributed by atoms with Gasteiger partial charge in [0.2, 0.25) is 0 Å². The molecule has 0 bridgehead atoms. The maximum absolute atomic E-state index is 13.5. The predicted octanol–water partition coefficient (Wildman–Crippen LogP) is 3.36. The number of nitrogens with one attached hydrogen (secondary N) is 1. The zero-order valence-corrected chi connectivity index (χ0v) is 10.6. The van der Waals surface area contributed by atoms with Crippen LogP contribution in [-0.2, 0) is 6.54 Å². The second-order valence-corrected chi connectivity index (χ2v) is 4.16. The third-order valence-electron chi connectivity index (χ3n) is 2.82. The summed E-state index contributed by atoms with van der Waals surface area (Å²) in [5, 5.41) is 22.5. The Labute approximate surface area is 118 Å². The van der Waals surface area contributed by atoms with Gasteiger partial charge in [0.1, 0.15) is 29.0 Å². The molecule has 0 saturated heterocycles. The summed E-state index contributed by atoms with van der Waals surface area (Å²) in [7, 11) is 0. The summed E-state index contributed by atoms with van der Waals surface area (Å²) in [6.07, 6.45) is 0. The fourth-order valence-corrected chi connectivity index (χ4v) is 1.84. The predicted molar refractivity (Wildman–Crippen MR) is 71.5 cm³/mol. The third kappa shape index (κ3) is 3.12. The average Bonchev–Trinajstić information content (AvgIpc) is 2.47. The molecule has 7 heteroatoms. The molecule has 21 heavy (non-hydrogen) atoms. The maximum atomic E-state index is 13.5. The van der Waals surface area contributed by atoms with Crippen LogP contribution in [0.3, 0.4) is 0 Å². The molecule has 0 aliphatic heterocycles. The van der Waals surface area contributed by atoms with E-state index in [4.69, 9.17) is 5.26 Å². The van der Waals surface area contributed by atoms with E-state index in [9.17, 15) is 18.9 Å². The molecule has 0 spiro atoms. The van der Waals surface area contributed by atoms with Crippen molar-refractivity contribution >= 4 is 11.4 Å². The van der Waals surface area contributed by atoms with E-state index in [-0.39, 0.29) is 23.4 Å². The first-order valence-corrected chi connectivity index (χ1v) is 5.88. The van der Waals surface area contributed by atoms with Crippen LogP contribution in [0.15, 0.2) is 36.4 Å². The maximum Gasteiger partial charge on any atom is 0.309 e. The van der Waals surface area contributed by atoms with Gasteiger partial charge in [0.25, 0.3) is 0 Å². The van der Waals surface area contributed by atoms with Gasteiger partial charge < -0.3 is 5.32 Å². The van der Waals surface area contributed by atoms with Crippen LogP contribution < -0.4 is 5.32 Å². The number of para-hydroxylation sites is 1. The molecule has 0 aliphatic rings. The van der Waals surface area contributed by atoms with Crippen molar-refractivity contribution in [2.45, 2.75) is 6.54 Å². The van der Waals surface area contributed by atoms with E-state index in [1.807, 2.05) is 0 Å². The summed E-state index contributed by atoms with van der Waals surface area (Å²) in [5.74, 6) is -1.23. The Balaban J connectivity index is 2.31. The van der Waals surface area contributed by atoms with Gasteiger partial charge in [-0.05, 0) is 30.3 Å². The minimum atomic E-state index is -0.692. The van der Waals surface area contributed by atoms with E-state index in [2.05, 4.69) is 5.32 Å². The Morgan fingerprint density at radius 3 is 2.71 bits per heavy atom. The van der Waals surface area contributed by atoms with Gasteiger partial charge >= 0.3 is 5.69 Å². The molecule has 5 nitrogen and oxygen atoms in total. The number of benzene rings is 2. The first-order valence-electron chi connectivity index (χ1n) is 5.88. The number of nitriles is 1. The number of halogens is 2. The average molecular weight is 289 g/mol. The molecule has 1 N–H and O–H groups in total. The first kappa shape index (κ1) is 14.4. The lowest BCUT2D eigenvalue weighted by molar-refractivity contribution is -0.384. The zero-order chi connectivity index (χ0) is 15.4. The largest absolute Gasteiger partial charge is 0.375 e. The monoisotopic (exact) mass is 289 g/mol. The van der Waals surface area contributed by atoms with Gasteiger partial charge in [0.05, 0.1) is 4.92 Å². The number of nitrogens with zero attached hydrogens (tertiary/aromatic N) is 2. The molecule has 0 atom stereocenters. The number of hydrogen-bond donors (Lipinski definition) is 1. The lowest BCUT2D eigenvalue weighted by Gasteiger charge is -2.08. The molecule has 2 rings (SSSR count). The SMILES string of the molecule is N#Cc1cccc(NCc2cc(F)ccc2F)c1[N+](=O)[O-]. The summed E-state index contributed by atoms with van der Waals surface area (Å²) >= 11 is 0. The molecule has 0 radical (unpaired) electrons. The first-order chi connectivity index (χ1) is 10.0. The fourth-order valence-electron chi connectivity index (χ4n) is 1.84. The van der Waals surface area contributed by atoms with Gasteiger partial charge in [-0.25, -0.2) is 8.78 Å². The van der Waals surface area contributed by atoms with Crippen LogP contribution in [0.5, 0.6) is 0 Å². The number of anilines is 1. The molecule has 0 unspecified atom stereocenters. The van der Waals surface area contributed by atoms with Crippen LogP contribution in [0.25, 0.3) is 0 Å². The van der Waals surface area contributed by atoms with Gasteiger partial charge in [-0.2, -0.15) is 5.26 Å². The van der Waals surface area contributed by atoms with Crippen LogP contribution in [-0.4, -0.2) is 4.92 Å². The molecular formula is C14H9F2N3O2. The van der Waals surface area contributed by atoms with Gasteiger partial charge in [0.15, 0.2) is 0 Å². The lowest BCUT2D eigenvalue weighted by Crippen LogP contribution is -2.05. The molecule has 2 aromatic rings. The second kappa shape index (κ2) is 5.96. The van der Waals surface area contributed by atoms with E-state index < -0.39 is 22.2 Å². The molecule has 0 fully saturated rings. The van der Waals surface area contributed by atoms with E-state index in [1.165, 1.54) is 18.2 Å². The molecule has 0 aliphatic carbocycles. The standard InChI is InChI=1S/C14H9F2N3O2/c15-11-4-5-12(16)10(6-11)8-18-13-3-1-2-9(7-17)14(13)19(20)21/h1-6,18H,8H2. The number of nitro groups is 1. The van der Waals surface area contributed by atoms with Crippen molar-refractivity contribution in [3.8, 4) is 6.07 Å². The van der Waals surface area contributed by atoms with Crippen molar-refractivity contribution < 1.29 is 13.7 Å². The van der Waals surface area contributed by atoms with Gasteiger partial charge in [0, 0.05) is 12.1 Å². The van der Waals surface area contributed by atoms with Crippen molar-refractivity contribution in [1.29, 1.82) is 5.26 Å². The van der Waals surface area contributed by atoms with E-state index >= 15 is 0 Å². The number of nitro benzene ring substituents is 1. The Hall–Kier alpha value is -3.01. The topological polar surface area (TPSA) is 79.0 Å². The van der Waals surface area contributed by atoms with E-state index in [0.29, 0.717) is 0 Å². The third-order valence-corrected chi connectivity index (χ3v) is 2.82. The zero-order valence-electron chi connectivity index (χ0n) is 10.6. The summed E-state index contributed by atoms with van der Waals surface area (Å²) in [4.78, 5) is 10.3.